The first kappa shape index (κ1) is 16.4. The summed E-state index contributed by atoms with van der Waals surface area (Å²) in [5, 5.41) is 14.3. The van der Waals surface area contributed by atoms with Crippen molar-refractivity contribution in [2.45, 2.75) is 40.2 Å². The third-order valence-corrected chi connectivity index (χ3v) is 2.93. The van der Waals surface area contributed by atoms with E-state index in [1.165, 1.54) is 0 Å². The van der Waals surface area contributed by atoms with Crippen molar-refractivity contribution in [2.24, 2.45) is 5.92 Å². The molecule has 0 aliphatic rings. The fraction of sp³-hybridized carbons (Fsp3) is 0.600. The quantitative estimate of drug-likeness (QED) is 0.427. The van der Waals surface area contributed by atoms with Crippen LogP contribution in [0.15, 0.2) is 18.2 Å². The second kappa shape index (κ2) is 8.53. The lowest BCUT2D eigenvalue weighted by Gasteiger charge is -2.10. The van der Waals surface area contributed by atoms with E-state index in [4.69, 9.17) is 4.74 Å². The monoisotopic (exact) mass is 280 g/mol. The van der Waals surface area contributed by atoms with Gasteiger partial charge in [-0.1, -0.05) is 26.8 Å². The third-order valence-electron chi connectivity index (χ3n) is 2.93. The molecule has 0 saturated heterocycles. The molecular weight excluding hydrogens is 256 g/mol. The second-order valence-corrected chi connectivity index (χ2v) is 5.27. The van der Waals surface area contributed by atoms with Crippen molar-refractivity contribution in [1.29, 1.82) is 0 Å². The summed E-state index contributed by atoms with van der Waals surface area (Å²) in [6.07, 6.45) is 1.93. The van der Waals surface area contributed by atoms with E-state index in [1.54, 1.807) is 12.1 Å². The Balaban J connectivity index is 2.71. The molecule has 0 radical (unpaired) electrons. The molecule has 0 fully saturated rings. The van der Waals surface area contributed by atoms with Gasteiger partial charge in [-0.25, -0.2) is 0 Å². The van der Waals surface area contributed by atoms with E-state index >= 15 is 0 Å². The van der Waals surface area contributed by atoms with Gasteiger partial charge in [0.05, 0.1) is 11.5 Å². The highest BCUT2D eigenvalue weighted by Crippen LogP contribution is 2.28. The molecule has 0 heterocycles. The van der Waals surface area contributed by atoms with Gasteiger partial charge in [-0.3, -0.25) is 10.1 Å². The standard InChI is InChI=1S/C15H24N2O3/c1-4-8-16-11-13-5-6-15(14(10-13)17(18)19)20-9-7-12(2)3/h5-6,10,12,16H,4,7-9,11H2,1-3H3. The van der Waals surface area contributed by atoms with Gasteiger partial charge in [0.2, 0.25) is 0 Å². The van der Waals surface area contributed by atoms with Crippen molar-refractivity contribution in [3.05, 3.63) is 33.9 Å². The van der Waals surface area contributed by atoms with Crippen LogP contribution in [0.25, 0.3) is 0 Å². The van der Waals surface area contributed by atoms with Crippen LogP contribution < -0.4 is 10.1 Å². The minimum atomic E-state index is -0.381. The minimum absolute atomic E-state index is 0.0459. The third kappa shape index (κ3) is 5.57. The Morgan fingerprint density at radius 3 is 2.75 bits per heavy atom. The number of nitro groups is 1. The molecule has 0 aliphatic heterocycles. The van der Waals surface area contributed by atoms with Crippen LogP contribution in [-0.4, -0.2) is 18.1 Å². The molecule has 0 atom stereocenters. The predicted octanol–water partition coefficient (Wildman–Crippen LogP) is 3.52. The molecular formula is C15H24N2O3. The van der Waals surface area contributed by atoms with Crippen LogP contribution in [-0.2, 0) is 6.54 Å². The molecule has 1 N–H and O–H groups in total. The van der Waals surface area contributed by atoms with Crippen molar-refractivity contribution in [3.8, 4) is 5.75 Å². The van der Waals surface area contributed by atoms with Crippen LogP contribution in [0.3, 0.4) is 0 Å². The highest BCUT2D eigenvalue weighted by molar-refractivity contribution is 5.48. The van der Waals surface area contributed by atoms with Crippen LogP contribution in [0.4, 0.5) is 5.69 Å². The first-order valence-corrected chi connectivity index (χ1v) is 7.15. The van der Waals surface area contributed by atoms with Gasteiger partial charge in [-0.15, -0.1) is 0 Å². The Bertz CT molecular complexity index is 433. The maximum Gasteiger partial charge on any atom is 0.311 e. The van der Waals surface area contributed by atoms with E-state index in [1.807, 2.05) is 6.07 Å². The molecule has 0 aliphatic carbocycles. The number of nitro benzene ring substituents is 1. The molecule has 0 spiro atoms. The SMILES string of the molecule is CCCNCc1ccc(OCCC(C)C)c([N+](=O)[O-])c1. The van der Waals surface area contributed by atoms with Gasteiger partial charge in [-0.05, 0) is 36.9 Å². The maximum atomic E-state index is 11.1. The van der Waals surface area contributed by atoms with E-state index in [0.29, 0.717) is 24.8 Å². The molecule has 0 bridgehead atoms. The van der Waals surface area contributed by atoms with Crippen molar-refractivity contribution in [3.63, 3.8) is 0 Å². The van der Waals surface area contributed by atoms with Crippen molar-refractivity contribution in [2.75, 3.05) is 13.2 Å². The van der Waals surface area contributed by atoms with Crippen molar-refractivity contribution >= 4 is 5.69 Å². The van der Waals surface area contributed by atoms with Crippen molar-refractivity contribution in [1.82, 2.24) is 5.32 Å². The van der Waals surface area contributed by atoms with E-state index in [2.05, 4.69) is 26.1 Å². The number of rotatable bonds is 9. The lowest BCUT2D eigenvalue weighted by molar-refractivity contribution is -0.385. The average Bonchev–Trinajstić information content (AvgIpc) is 2.39. The first-order valence-electron chi connectivity index (χ1n) is 7.15. The Labute approximate surface area is 120 Å². The fourth-order valence-electron chi connectivity index (χ4n) is 1.75. The highest BCUT2D eigenvalue weighted by atomic mass is 16.6. The van der Waals surface area contributed by atoms with Gasteiger partial charge >= 0.3 is 5.69 Å². The Morgan fingerprint density at radius 2 is 2.15 bits per heavy atom. The van der Waals surface area contributed by atoms with Gasteiger partial charge in [0.15, 0.2) is 5.75 Å². The van der Waals surface area contributed by atoms with Gasteiger partial charge < -0.3 is 10.1 Å². The number of hydrogen-bond donors (Lipinski definition) is 1. The average molecular weight is 280 g/mol. The molecule has 0 amide bonds. The van der Waals surface area contributed by atoms with Crippen LogP contribution in [0.2, 0.25) is 0 Å². The summed E-state index contributed by atoms with van der Waals surface area (Å²) in [4.78, 5) is 10.7. The van der Waals surface area contributed by atoms with Crippen LogP contribution in [0.5, 0.6) is 5.75 Å². The summed E-state index contributed by atoms with van der Waals surface area (Å²) in [7, 11) is 0. The van der Waals surface area contributed by atoms with Crippen LogP contribution >= 0.6 is 0 Å². The van der Waals surface area contributed by atoms with Gasteiger partial charge in [-0.2, -0.15) is 0 Å². The zero-order valence-electron chi connectivity index (χ0n) is 12.5. The van der Waals surface area contributed by atoms with E-state index in [0.717, 1.165) is 24.9 Å². The van der Waals surface area contributed by atoms with Crippen molar-refractivity contribution < 1.29 is 9.66 Å². The number of nitrogens with one attached hydrogen (secondary N) is 1. The molecule has 0 aromatic heterocycles. The smallest absolute Gasteiger partial charge is 0.311 e. The summed E-state index contributed by atoms with van der Waals surface area (Å²) in [5.41, 5.74) is 0.950. The molecule has 5 nitrogen and oxygen atoms in total. The van der Waals surface area contributed by atoms with E-state index in [9.17, 15) is 10.1 Å². The Morgan fingerprint density at radius 1 is 1.40 bits per heavy atom. The lowest BCUT2D eigenvalue weighted by atomic mass is 10.1. The Kier molecular flexibility index (Phi) is 7.01. The molecule has 1 rings (SSSR count). The maximum absolute atomic E-state index is 11.1. The van der Waals surface area contributed by atoms with E-state index < -0.39 is 0 Å². The number of hydrogen-bond acceptors (Lipinski definition) is 4. The largest absolute Gasteiger partial charge is 0.487 e. The van der Waals surface area contributed by atoms with Crippen LogP contribution in [0.1, 0.15) is 39.2 Å². The molecule has 112 valence electrons. The predicted molar refractivity (Wildman–Crippen MR) is 80.0 cm³/mol. The summed E-state index contributed by atoms with van der Waals surface area (Å²) >= 11 is 0. The first-order chi connectivity index (χ1) is 9.54. The number of nitrogens with zero attached hydrogens (tertiary/aromatic N) is 1. The highest BCUT2D eigenvalue weighted by Gasteiger charge is 2.16. The normalized spacial score (nSPS) is 10.8. The minimum Gasteiger partial charge on any atom is -0.487 e. The molecule has 20 heavy (non-hydrogen) atoms. The summed E-state index contributed by atoms with van der Waals surface area (Å²) < 4.78 is 5.53. The molecule has 1 aromatic rings. The molecule has 5 heteroatoms. The van der Waals surface area contributed by atoms with Gasteiger partial charge in [0.1, 0.15) is 0 Å². The number of ether oxygens (including phenoxy) is 1. The van der Waals surface area contributed by atoms with Gasteiger partial charge in [0, 0.05) is 12.6 Å². The van der Waals surface area contributed by atoms with E-state index in [-0.39, 0.29) is 10.6 Å². The molecule has 0 saturated carbocycles. The molecule has 0 unspecified atom stereocenters. The number of benzene rings is 1. The fourth-order valence-corrected chi connectivity index (χ4v) is 1.75. The lowest BCUT2D eigenvalue weighted by Crippen LogP contribution is -2.14. The summed E-state index contributed by atoms with van der Waals surface area (Å²) in [6.45, 7) is 8.33. The zero-order chi connectivity index (χ0) is 15.0. The summed E-state index contributed by atoms with van der Waals surface area (Å²) in [6, 6.07) is 5.16. The second-order valence-electron chi connectivity index (χ2n) is 5.27. The zero-order valence-corrected chi connectivity index (χ0v) is 12.5. The topological polar surface area (TPSA) is 64.4 Å². The van der Waals surface area contributed by atoms with Gasteiger partial charge in [0.25, 0.3) is 0 Å². The Hall–Kier alpha value is -1.62. The summed E-state index contributed by atoms with van der Waals surface area (Å²) in [5.74, 6) is 0.876. The molecule has 1 aromatic carbocycles. The van der Waals surface area contributed by atoms with Crippen LogP contribution in [0, 0.1) is 16.0 Å².